The van der Waals surface area contributed by atoms with E-state index in [2.05, 4.69) is 20.7 Å². The van der Waals surface area contributed by atoms with Crippen LogP contribution in [0, 0.1) is 0 Å². The summed E-state index contributed by atoms with van der Waals surface area (Å²) in [5, 5.41) is 10.7. The van der Waals surface area contributed by atoms with Crippen LogP contribution in [0.15, 0.2) is 64.3 Å². The van der Waals surface area contributed by atoms with E-state index in [4.69, 9.17) is 9.15 Å². The van der Waals surface area contributed by atoms with Crippen LogP contribution < -0.4 is 10.2 Å². The molecule has 0 saturated carbocycles. The molecule has 7 heteroatoms. The van der Waals surface area contributed by atoms with E-state index in [0.717, 1.165) is 11.3 Å². The average Bonchev–Trinajstić information content (AvgIpc) is 3.33. The first-order valence-corrected chi connectivity index (χ1v) is 7.49. The van der Waals surface area contributed by atoms with Gasteiger partial charge in [0.15, 0.2) is 0 Å². The Morgan fingerprint density at radius 2 is 2.16 bits per heavy atom. The van der Waals surface area contributed by atoms with E-state index in [-0.39, 0.29) is 5.91 Å². The molecular weight excluding hydrogens is 320 g/mol. The van der Waals surface area contributed by atoms with Gasteiger partial charge in [0.2, 0.25) is 0 Å². The number of hydrogen-bond donors (Lipinski definition) is 2. The molecule has 0 fully saturated rings. The van der Waals surface area contributed by atoms with Gasteiger partial charge in [-0.2, -0.15) is 10.2 Å². The summed E-state index contributed by atoms with van der Waals surface area (Å²) in [5.41, 5.74) is 4.27. The van der Waals surface area contributed by atoms with Crippen LogP contribution in [0.4, 0.5) is 0 Å². The van der Waals surface area contributed by atoms with Crippen molar-refractivity contribution >= 4 is 18.2 Å². The van der Waals surface area contributed by atoms with Crippen molar-refractivity contribution in [2.45, 2.75) is 0 Å². The summed E-state index contributed by atoms with van der Waals surface area (Å²) in [4.78, 5) is 12.0. The van der Waals surface area contributed by atoms with Gasteiger partial charge in [0.1, 0.15) is 17.2 Å². The van der Waals surface area contributed by atoms with Crippen molar-refractivity contribution in [3.8, 4) is 17.0 Å². The van der Waals surface area contributed by atoms with Crippen molar-refractivity contribution in [2.75, 3.05) is 7.11 Å². The number of hydrogen-bond acceptors (Lipinski definition) is 5. The zero-order chi connectivity index (χ0) is 17.5. The molecule has 25 heavy (non-hydrogen) atoms. The van der Waals surface area contributed by atoms with E-state index in [1.807, 2.05) is 30.3 Å². The van der Waals surface area contributed by atoms with E-state index in [0.29, 0.717) is 17.1 Å². The lowest BCUT2D eigenvalue weighted by atomic mass is 10.1. The fourth-order valence-electron chi connectivity index (χ4n) is 2.07. The number of ether oxygens (including phenoxy) is 1. The first kappa shape index (κ1) is 16.3. The topological polar surface area (TPSA) is 92.5 Å². The molecule has 3 rings (SSSR count). The van der Waals surface area contributed by atoms with Crippen molar-refractivity contribution < 1.29 is 13.9 Å². The number of rotatable bonds is 6. The lowest BCUT2D eigenvalue weighted by Crippen LogP contribution is -2.17. The second kappa shape index (κ2) is 7.78. The number of H-pyrrole nitrogens is 1. The second-order valence-corrected chi connectivity index (χ2v) is 4.99. The Morgan fingerprint density at radius 1 is 1.32 bits per heavy atom. The highest BCUT2D eigenvalue weighted by Gasteiger charge is 2.10. The molecule has 2 N–H and O–H groups in total. The van der Waals surface area contributed by atoms with Gasteiger partial charge in [-0.25, -0.2) is 5.43 Å². The van der Waals surface area contributed by atoms with Crippen LogP contribution in [-0.4, -0.2) is 29.4 Å². The molecule has 1 aromatic carbocycles. The Labute approximate surface area is 144 Å². The first-order valence-electron chi connectivity index (χ1n) is 7.49. The first-order chi connectivity index (χ1) is 12.3. The molecule has 126 valence electrons. The summed E-state index contributed by atoms with van der Waals surface area (Å²) >= 11 is 0. The normalized spacial score (nSPS) is 11.2. The molecule has 0 bridgehead atoms. The van der Waals surface area contributed by atoms with Crippen molar-refractivity contribution in [1.29, 1.82) is 0 Å². The number of hydrazone groups is 1. The Hall–Kier alpha value is -3.61. The van der Waals surface area contributed by atoms with E-state index >= 15 is 0 Å². The van der Waals surface area contributed by atoms with Crippen LogP contribution in [-0.2, 0) is 0 Å². The monoisotopic (exact) mass is 336 g/mol. The highest BCUT2D eigenvalue weighted by Crippen LogP contribution is 2.21. The number of aromatic nitrogens is 2. The lowest BCUT2D eigenvalue weighted by Gasteiger charge is -1.99. The van der Waals surface area contributed by atoms with Gasteiger partial charge in [0, 0.05) is 11.8 Å². The van der Waals surface area contributed by atoms with Crippen molar-refractivity contribution in [3.05, 3.63) is 66.3 Å². The molecule has 0 aliphatic carbocycles. The van der Waals surface area contributed by atoms with Gasteiger partial charge in [0.05, 0.1) is 19.1 Å². The molecule has 2 heterocycles. The summed E-state index contributed by atoms with van der Waals surface area (Å²) in [5.74, 6) is 1.08. The maximum absolute atomic E-state index is 12.0. The Kier molecular flexibility index (Phi) is 5.06. The fourth-order valence-corrected chi connectivity index (χ4v) is 2.07. The third-order valence-electron chi connectivity index (χ3n) is 3.34. The van der Waals surface area contributed by atoms with Gasteiger partial charge in [-0.3, -0.25) is 9.89 Å². The van der Waals surface area contributed by atoms with Crippen molar-refractivity contribution in [1.82, 2.24) is 15.6 Å². The van der Waals surface area contributed by atoms with Gasteiger partial charge in [-0.15, -0.1) is 0 Å². The van der Waals surface area contributed by atoms with Crippen molar-refractivity contribution in [2.24, 2.45) is 5.10 Å². The van der Waals surface area contributed by atoms with Gasteiger partial charge in [-0.1, -0.05) is 0 Å². The zero-order valence-corrected chi connectivity index (χ0v) is 13.5. The quantitative estimate of drug-likeness (QED) is 0.534. The fraction of sp³-hybridized carbons (Fsp3) is 0.0556. The number of aromatic amines is 1. The molecule has 0 aliphatic heterocycles. The highest BCUT2D eigenvalue weighted by atomic mass is 16.5. The second-order valence-electron chi connectivity index (χ2n) is 4.99. The summed E-state index contributed by atoms with van der Waals surface area (Å²) in [6.45, 7) is 0. The SMILES string of the molecule is COc1ccc(-c2cc(C(=O)N/N=C/C=C/c3ccco3)[nH]n2)cc1. The predicted octanol–water partition coefficient (Wildman–Crippen LogP) is 3.11. The smallest absolute Gasteiger partial charge is 0.289 e. The van der Waals surface area contributed by atoms with Gasteiger partial charge in [-0.05, 0) is 54.6 Å². The average molecular weight is 336 g/mol. The number of carbonyl (C=O) groups excluding carboxylic acids is 1. The van der Waals surface area contributed by atoms with Crippen LogP contribution in [0.3, 0.4) is 0 Å². The summed E-state index contributed by atoms with van der Waals surface area (Å²) in [7, 11) is 1.61. The Morgan fingerprint density at radius 3 is 2.88 bits per heavy atom. The number of benzene rings is 1. The zero-order valence-electron chi connectivity index (χ0n) is 13.5. The molecule has 1 amide bonds. The van der Waals surface area contributed by atoms with Crippen LogP contribution in [0.25, 0.3) is 17.3 Å². The van der Waals surface area contributed by atoms with Gasteiger partial charge in [0.25, 0.3) is 5.91 Å². The molecule has 2 aromatic heterocycles. The number of carbonyl (C=O) groups is 1. The van der Waals surface area contributed by atoms with Crippen LogP contribution >= 0.6 is 0 Å². The Balaban J connectivity index is 1.58. The maximum Gasteiger partial charge on any atom is 0.289 e. The number of amides is 1. The number of methoxy groups -OCH3 is 1. The number of nitrogens with one attached hydrogen (secondary N) is 2. The molecule has 0 radical (unpaired) electrons. The molecule has 0 spiro atoms. The van der Waals surface area contributed by atoms with E-state index in [9.17, 15) is 4.79 Å². The van der Waals surface area contributed by atoms with Gasteiger partial charge < -0.3 is 9.15 Å². The summed E-state index contributed by atoms with van der Waals surface area (Å²) in [6, 6.07) is 12.7. The molecule has 3 aromatic rings. The summed E-state index contributed by atoms with van der Waals surface area (Å²) in [6.07, 6.45) is 6.43. The van der Waals surface area contributed by atoms with Crippen LogP contribution in [0.2, 0.25) is 0 Å². The number of allylic oxidation sites excluding steroid dienone is 1. The number of nitrogens with zero attached hydrogens (tertiary/aromatic N) is 2. The molecule has 0 unspecified atom stereocenters. The lowest BCUT2D eigenvalue weighted by molar-refractivity contribution is 0.0950. The maximum atomic E-state index is 12.0. The van der Waals surface area contributed by atoms with Gasteiger partial charge >= 0.3 is 0 Å². The highest BCUT2D eigenvalue weighted by molar-refractivity contribution is 5.93. The van der Waals surface area contributed by atoms with Crippen molar-refractivity contribution in [3.63, 3.8) is 0 Å². The largest absolute Gasteiger partial charge is 0.497 e. The molecular formula is C18H16N4O3. The standard InChI is InChI=1S/C18H16N4O3/c1-24-14-8-6-13(7-9-14)16-12-17(21-20-16)18(23)22-19-10-2-4-15-5-3-11-25-15/h2-12H,1H3,(H,20,21)(H,22,23)/b4-2+,19-10+. The van der Waals surface area contributed by atoms with E-state index in [1.54, 1.807) is 37.7 Å². The molecule has 7 nitrogen and oxygen atoms in total. The summed E-state index contributed by atoms with van der Waals surface area (Å²) < 4.78 is 10.2. The van der Waals surface area contributed by atoms with Crippen LogP contribution in [0.1, 0.15) is 16.2 Å². The Bertz CT molecular complexity index is 877. The van der Waals surface area contributed by atoms with E-state index in [1.165, 1.54) is 6.21 Å². The molecule has 0 aliphatic rings. The minimum Gasteiger partial charge on any atom is -0.497 e. The minimum absolute atomic E-state index is 0.318. The molecule has 0 saturated heterocycles. The molecule has 0 atom stereocenters. The van der Waals surface area contributed by atoms with E-state index < -0.39 is 0 Å². The minimum atomic E-state index is -0.380. The number of furan rings is 1. The third kappa shape index (κ3) is 4.23. The predicted molar refractivity (Wildman–Crippen MR) is 94.3 cm³/mol. The third-order valence-corrected chi connectivity index (χ3v) is 3.34. The van der Waals surface area contributed by atoms with Crippen LogP contribution in [0.5, 0.6) is 5.75 Å².